The molecule has 0 aliphatic rings. The molecule has 7 nitrogen and oxygen atoms in total. The Hall–Kier alpha value is -2.83. The van der Waals surface area contributed by atoms with E-state index in [4.69, 9.17) is 10.5 Å². The summed E-state index contributed by atoms with van der Waals surface area (Å²) in [6.07, 6.45) is 1.44. The number of nitrogens with two attached hydrogens (primary N) is 1. The molecule has 1 heterocycles. The highest BCUT2D eigenvalue weighted by Crippen LogP contribution is 2.20. The van der Waals surface area contributed by atoms with E-state index in [2.05, 4.69) is 10.3 Å². The monoisotopic (exact) mass is 288 g/mol. The predicted octanol–water partition coefficient (Wildman–Crippen LogP) is 1.59. The molecule has 2 rings (SSSR count). The molecule has 1 amide bonds. The van der Waals surface area contributed by atoms with E-state index in [1.165, 1.54) is 13.3 Å². The summed E-state index contributed by atoms with van der Waals surface area (Å²) in [6, 6.07) is 7.04. The van der Waals surface area contributed by atoms with E-state index in [1.807, 2.05) is 0 Å². The van der Waals surface area contributed by atoms with Gasteiger partial charge in [-0.15, -0.1) is 0 Å². The molecule has 0 spiro atoms. The lowest BCUT2D eigenvalue weighted by Gasteiger charge is -2.08. The molecule has 0 saturated carbocycles. The number of rotatable bonds is 4. The Balaban J connectivity index is 2.34. The Bertz CT molecular complexity index is 679. The number of carbonyl (C=O) groups excluding carboxylic acids is 2. The number of ether oxygens (including phenoxy) is 1. The first-order valence-electron chi connectivity index (χ1n) is 6.41. The summed E-state index contributed by atoms with van der Waals surface area (Å²) in [4.78, 5) is 26.7. The third-order valence-electron chi connectivity index (χ3n) is 2.72. The normalized spacial score (nSPS) is 10.2. The summed E-state index contributed by atoms with van der Waals surface area (Å²) in [5.41, 5.74) is 7.31. The average Bonchev–Trinajstić information content (AvgIpc) is 2.80. The number of carbonyl (C=O) groups is 2. The summed E-state index contributed by atoms with van der Waals surface area (Å²) in [5.74, 6) is -0.543. The fourth-order valence-corrected chi connectivity index (χ4v) is 1.86. The van der Waals surface area contributed by atoms with E-state index in [0.717, 1.165) is 0 Å². The van der Waals surface area contributed by atoms with Crippen LogP contribution in [0.2, 0.25) is 0 Å². The number of nitrogen functional groups attached to an aromatic ring is 1. The van der Waals surface area contributed by atoms with Gasteiger partial charge in [-0.05, 0) is 25.1 Å². The molecule has 2 aromatic rings. The van der Waals surface area contributed by atoms with E-state index < -0.39 is 5.97 Å². The van der Waals surface area contributed by atoms with Crippen molar-refractivity contribution in [2.24, 2.45) is 0 Å². The molecule has 0 aliphatic heterocycles. The van der Waals surface area contributed by atoms with Crippen molar-refractivity contribution in [1.82, 2.24) is 9.55 Å². The molecule has 7 heteroatoms. The molecule has 0 bridgehead atoms. The van der Waals surface area contributed by atoms with E-state index >= 15 is 0 Å². The average molecular weight is 288 g/mol. The Morgan fingerprint density at radius 3 is 2.86 bits per heavy atom. The number of aromatic nitrogens is 2. The lowest BCUT2D eigenvalue weighted by atomic mass is 10.2. The zero-order valence-electron chi connectivity index (χ0n) is 11.8. The maximum absolute atomic E-state index is 11.7. The van der Waals surface area contributed by atoms with Gasteiger partial charge in [0.2, 0.25) is 5.91 Å². The number of hydrogen-bond acceptors (Lipinski definition) is 5. The first-order chi connectivity index (χ1) is 10.0. The first kappa shape index (κ1) is 14.6. The number of hydrogen-bond donors (Lipinski definition) is 2. The number of nitrogens with zero attached hydrogens (tertiary/aromatic N) is 2. The molecule has 3 N–H and O–H groups in total. The van der Waals surface area contributed by atoms with E-state index in [1.54, 1.807) is 35.8 Å². The van der Waals surface area contributed by atoms with Crippen LogP contribution in [-0.2, 0) is 9.53 Å². The van der Waals surface area contributed by atoms with Gasteiger partial charge < -0.3 is 15.8 Å². The minimum absolute atomic E-state index is 0.0711. The van der Waals surface area contributed by atoms with Crippen molar-refractivity contribution in [3.05, 3.63) is 36.3 Å². The quantitative estimate of drug-likeness (QED) is 0.832. The maximum atomic E-state index is 11.7. The summed E-state index contributed by atoms with van der Waals surface area (Å²) in [7, 11) is 0. The second-order valence-electron chi connectivity index (χ2n) is 4.30. The number of esters is 1. The predicted molar refractivity (Wildman–Crippen MR) is 78.2 cm³/mol. The van der Waals surface area contributed by atoms with Gasteiger partial charge in [-0.25, -0.2) is 9.78 Å². The summed E-state index contributed by atoms with van der Waals surface area (Å²) >= 11 is 0. The van der Waals surface area contributed by atoms with Crippen LogP contribution in [0.3, 0.4) is 0 Å². The Kier molecular flexibility index (Phi) is 4.22. The van der Waals surface area contributed by atoms with Crippen molar-refractivity contribution in [2.75, 3.05) is 17.7 Å². The minimum atomic E-state index is -0.563. The topological polar surface area (TPSA) is 99.2 Å². The van der Waals surface area contributed by atoms with Crippen molar-refractivity contribution in [3.8, 4) is 5.69 Å². The largest absolute Gasteiger partial charge is 0.461 e. The first-order valence-corrected chi connectivity index (χ1v) is 6.41. The van der Waals surface area contributed by atoms with Crippen LogP contribution in [0.5, 0.6) is 0 Å². The molecule has 0 radical (unpaired) electrons. The van der Waals surface area contributed by atoms with Crippen molar-refractivity contribution < 1.29 is 14.3 Å². The standard InChI is InChI=1S/C14H16N4O3/c1-3-21-14(20)12-13(15)18(8-16-12)11-6-4-5-10(7-11)17-9(2)19/h4-8H,3,15H2,1-2H3,(H,17,19). The van der Waals surface area contributed by atoms with Gasteiger partial charge in [0.1, 0.15) is 12.1 Å². The van der Waals surface area contributed by atoms with Crippen LogP contribution in [0.25, 0.3) is 5.69 Å². The van der Waals surface area contributed by atoms with Crippen LogP contribution in [0, 0.1) is 0 Å². The van der Waals surface area contributed by atoms with Crippen molar-refractivity contribution in [1.29, 1.82) is 0 Å². The van der Waals surface area contributed by atoms with Crippen molar-refractivity contribution in [3.63, 3.8) is 0 Å². The Labute approximate surface area is 121 Å². The molecule has 0 atom stereocenters. The van der Waals surface area contributed by atoms with Crippen LogP contribution < -0.4 is 11.1 Å². The highest BCUT2D eigenvalue weighted by atomic mass is 16.5. The molecule has 0 fully saturated rings. The number of nitrogens with one attached hydrogen (secondary N) is 1. The zero-order valence-corrected chi connectivity index (χ0v) is 11.8. The SMILES string of the molecule is CCOC(=O)c1ncn(-c2cccc(NC(C)=O)c2)c1N. The molecule has 0 aliphatic carbocycles. The fraction of sp³-hybridized carbons (Fsp3) is 0.214. The summed E-state index contributed by atoms with van der Waals surface area (Å²) < 4.78 is 6.44. The van der Waals surface area contributed by atoms with Crippen molar-refractivity contribution in [2.45, 2.75) is 13.8 Å². The van der Waals surface area contributed by atoms with Crippen LogP contribution in [0.1, 0.15) is 24.3 Å². The Morgan fingerprint density at radius 2 is 2.19 bits per heavy atom. The van der Waals surface area contributed by atoms with E-state index in [9.17, 15) is 9.59 Å². The lowest BCUT2D eigenvalue weighted by molar-refractivity contribution is -0.114. The van der Waals surface area contributed by atoms with Gasteiger partial charge in [-0.1, -0.05) is 6.07 Å². The van der Waals surface area contributed by atoms with Gasteiger partial charge in [0.05, 0.1) is 12.3 Å². The molecule has 1 aromatic carbocycles. The summed E-state index contributed by atoms with van der Waals surface area (Å²) in [5, 5.41) is 2.68. The number of benzene rings is 1. The van der Waals surface area contributed by atoms with Crippen LogP contribution in [0.4, 0.5) is 11.5 Å². The Morgan fingerprint density at radius 1 is 1.43 bits per heavy atom. The second kappa shape index (κ2) is 6.08. The summed E-state index contributed by atoms with van der Waals surface area (Å²) in [6.45, 7) is 3.39. The maximum Gasteiger partial charge on any atom is 0.360 e. The van der Waals surface area contributed by atoms with Gasteiger partial charge in [-0.3, -0.25) is 9.36 Å². The fourth-order valence-electron chi connectivity index (χ4n) is 1.86. The van der Waals surface area contributed by atoms with Crippen LogP contribution in [-0.4, -0.2) is 28.0 Å². The minimum Gasteiger partial charge on any atom is -0.461 e. The van der Waals surface area contributed by atoms with E-state index in [-0.39, 0.29) is 24.0 Å². The van der Waals surface area contributed by atoms with Gasteiger partial charge in [-0.2, -0.15) is 0 Å². The third kappa shape index (κ3) is 3.19. The highest BCUT2D eigenvalue weighted by molar-refractivity contribution is 5.92. The van der Waals surface area contributed by atoms with Crippen LogP contribution in [0.15, 0.2) is 30.6 Å². The second-order valence-corrected chi connectivity index (χ2v) is 4.30. The molecule has 0 unspecified atom stereocenters. The van der Waals surface area contributed by atoms with Crippen LogP contribution >= 0.6 is 0 Å². The molecular formula is C14H16N4O3. The highest BCUT2D eigenvalue weighted by Gasteiger charge is 2.17. The number of anilines is 2. The molecular weight excluding hydrogens is 272 g/mol. The van der Waals surface area contributed by atoms with Gasteiger partial charge >= 0.3 is 5.97 Å². The zero-order chi connectivity index (χ0) is 15.4. The van der Waals surface area contributed by atoms with Gasteiger partial charge in [0.25, 0.3) is 0 Å². The van der Waals surface area contributed by atoms with E-state index in [0.29, 0.717) is 11.4 Å². The molecule has 21 heavy (non-hydrogen) atoms. The third-order valence-corrected chi connectivity index (χ3v) is 2.72. The number of imidazole rings is 1. The number of amides is 1. The smallest absolute Gasteiger partial charge is 0.360 e. The van der Waals surface area contributed by atoms with Crippen molar-refractivity contribution >= 4 is 23.4 Å². The lowest BCUT2D eigenvalue weighted by Crippen LogP contribution is -2.10. The molecule has 110 valence electrons. The molecule has 0 saturated heterocycles. The van der Waals surface area contributed by atoms with Gasteiger partial charge in [0.15, 0.2) is 5.69 Å². The molecule has 1 aromatic heterocycles. The van der Waals surface area contributed by atoms with Gasteiger partial charge in [0, 0.05) is 12.6 Å².